The van der Waals surface area contributed by atoms with Crippen LogP contribution in [0.25, 0.3) is 27.7 Å². The molecule has 4 aromatic rings. The van der Waals surface area contributed by atoms with Gasteiger partial charge >= 0.3 is 0 Å². The lowest BCUT2D eigenvalue weighted by molar-refractivity contribution is 0.0996. The quantitative estimate of drug-likeness (QED) is 0.521. The highest BCUT2D eigenvalue weighted by Gasteiger charge is 2.18. The molecule has 0 saturated carbocycles. The number of nitrogens with zero attached hydrogens (tertiary/aromatic N) is 5. The number of hydrogen-bond donors (Lipinski definition) is 1. The Morgan fingerprint density at radius 1 is 0.969 bits per heavy atom. The molecule has 1 aliphatic heterocycles. The van der Waals surface area contributed by atoms with Crippen LogP contribution in [0.15, 0.2) is 55.1 Å². The highest BCUT2D eigenvalue weighted by molar-refractivity contribution is 6.05. The van der Waals surface area contributed by atoms with Crippen LogP contribution in [-0.4, -0.2) is 43.6 Å². The third-order valence-corrected chi connectivity index (χ3v) is 5.83. The molecule has 162 valence electrons. The second-order valence-corrected chi connectivity index (χ2v) is 8.14. The first-order valence-corrected chi connectivity index (χ1v) is 10.7. The highest BCUT2D eigenvalue weighted by Crippen LogP contribution is 2.29. The Kier molecular flexibility index (Phi) is 5.36. The minimum atomic E-state index is -0.646. The number of carbonyl (C=O) groups excluding carboxylic acids is 1. The van der Waals surface area contributed by atoms with E-state index < -0.39 is 11.7 Å². The summed E-state index contributed by atoms with van der Waals surface area (Å²) in [6.07, 6.45) is 10.1. The van der Waals surface area contributed by atoms with Gasteiger partial charge in [-0.15, -0.1) is 0 Å². The number of amides is 1. The van der Waals surface area contributed by atoms with Gasteiger partial charge in [0.15, 0.2) is 5.69 Å². The summed E-state index contributed by atoms with van der Waals surface area (Å²) in [7, 11) is 0. The predicted molar refractivity (Wildman–Crippen MR) is 120 cm³/mol. The van der Waals surface area contributed by atoms with Crippen LogP contribution in [0.5, 0.6) is 0 Å². The van der Waals surface area contributed by atoms with E-state index in [0.717, 1.165) is 42.5 Å². The minimum Gasteiger partial charge on any atom is -0.364 e. The van der Waals surface area contributed by atoms with E-state index in [2.05, 4.69) is 26.0 Å². The normalized spacial score (nSPS) is 14.7. The fraction of sp³-hybridized carbons (Fsp3) is 0.250. The maximum Gasteiger partial charge on any atom is 0.269 e. The maximum absolute atomic E-state index is 13.7. The lowest BCUT2D eigenvalue weighted by Crippen LogP contribution is -2.29. The molecule has 1 saturated heterocycles. The molecule has 4 heterocycles. The predicted octanol–water partition coefficient (Wildman–Crippen LogP) is 3.71. The van der Waals surface area contributed by atoms with Crippen molar-refractivity contribution in [1.82, 2.24) is 24.6 Å². The SMILES string of the molecule is NC(=O)c1nn(-c2cncc(F)c2)c2ccc(-c3cncc(CN4CCCCC4)c3)cc12. The Labute approximate surface area is 184 Å². The molecular weight excluding hydrogens is 407 g/mol. The van der Waals surface area contributed by atoms with Crippen molar-refractivity contribution >= 4 is 16.8 Å². The minimum absolute atomic E-state index is 0.128. The number of piperidine rings is 1. The van der Waals surface area contributed by atoms with Crippen LogP contribution < -0.4 is 5.73 Å². The molecule has 1 aliphatic rings. The number of fused-ring (bicyclic) bond motifs is 1. The fourth-order valence-electron chi connectivity index (χ4n) is 4.30. The number of likely N-dealkylation sites (tertiary alicyclic amines) is 1. The Morgan fingerprint density at radius 2 is 1.78 bits per heavy atom. The summed E-state index contributed by atoms with van der Waals surface area (Å²) in [5.74, 6) is -1.13. The molecule has 0 bridgehead atoms. The summed E-state index contributed by atoms with van der Waals surface area (Å²) in [6.45, 7) is 3.11. The first-order valence-electron chi connectivity index (χ1n) is 10.7. The molecule has 0 aliphatic carbocycles. The molecular formula is C24H23FN6O. The van der Waals surface area contributed by atoms with Crippen molar-refractivity contribution in [2.24, 2.45) is 5.73 Å². The third-order valence-electron chi connectivity index (χ3n) is 5.83. The van der Waals surface area contributed by atoms with Gasteiger partial charge in [0.1, 0.15) is 5.82 Å². The number of hydrogen-bond acceptors (Lipinski definition) is 5. The van der Waals surface area contributed by atoms with Crippen molar-refractivity contribution in [2.45, 2.75) is 25.8 Å². The summed E-state index contributed by atoms with van der Waals surface area (Å²) in [5.41, 5.74) is 9.80. The summed E-state index contributed by atoms with van der Waals surface area (Å²) < 4.78 is 15.2. The molecule has 0 spiro atoms. The molecule has 1 fully saturated rings. The summed E-state index contributed by atoms with van der Waals surface area (Å²) >= 11 is 0. The highest BCUT2D eigenvalue weighted by atomic mass is 19.1. The number of carbonyl (C=O) groups is 1. The number of halogens is 1. The number of benzene rings is 1. The van der Waals surface area contributed by atoms with Crippen LogP contribution in [0.1, 0.15) is 35.3 Å². The Balaban J connectivity index is 1.54. The smallest absolute Gasteiger partial charge is 0.269 e. The zero-order chi connectivity index (χ0) is 22.1. The number of nitrogens with two attached hydrogens (primary N) is 1. The van der Waals surface area contributed by atoms with Crippen molar-refractivity contribution in [1.29, 1.82) is 0 Å². The van der Waals surface area contributed by atoms with E-state index in [0.29, 0.717) is 16.6 Å². The first-order chi connectivity index (χ1) is 15.6. The number of primary amides is 1. The topological polar surface area (TPSA) is 89.9 Å². The van der Waals surface area contributed by atoms with E-state index in [1.54, 1.807) is 0 Å². The van der Waals surface area contributed by atoms with E-state index in [1.165, 1.54) is 36.2 Å². The Hall–Kier alpha value is -3.65. The van der Waals surface area contributed by atoms with E-state index in [-0.39, 0.29) is 5.69 Å². The third kappa shape index (κ3) is 3.97. The molecule has 1 amide bonds. The van der Waals surface area contributed by atoms with Crippen molar-refractivity contribution in [3.8, 4) is 16.8 Å². The van der Waals surface area contributed by atoms with Crippen molar-refractivity contribution in [3.05, 3.63) is 72.2 Å². The van der Waals surface area contributed by atoms with Gasteiger partial charge in [-0.1, -0.05) is 12.5 Å². The molecule has 5 rings (SSSR count). The summed E-state index contributed by atoms with van der Waals surface area (Å²) in [4.78, 5) is 22.9. The number of pyridine rings is 2. The lowest BCUT2D eigenvalue weighted by atomic mass is 10.0. The molecule has 8 heteroatoms. The van der Waals surface area contributed by atoms with Gasteiger partial charge in [-0.05, 0) is 55.3 Å². The van der Waals surface area contributed by atoms with Crippen LogP contribution >= 0.6 is 0 Å². The Bertz CT molecular complexity index is 1290. The van der Waals surface area contributed by atoms with Gasteiger partial charge in [-0.2, -0.15) is 5.10 Å². The van der Waals surface area contributed by atoms with Crippen molar-refractivity contribution < 1.29 is 9.18 Å². The molecule has 0 radical (unpaired) electrons. The van der Waals surface area contributed by atoms with Crippen LogP contribution in [0.4, 0.5) is 4.39 Å². The number of rotatable bonds is 5. The second kappa shape index (κ2) is 8.47. The van der Waals surface area contributed by atoms with E-state index in [1.807, 2.05) is 30.6 Å². The summed E-state index contributed by atoms with van der Waals surface area (Å²) in [6, 6.07) is 9.12. The van der Waals surface area contributed by atoms with Crippen LogP contribution in [-0.2, 0) is 6.54 Å². The van der Waals surface area contributed by atoms with E-state index in [4.69, 9.17) is 5.73 Å². The molecule has 7 nitrogen and oxygen atoms in total. The standard InChI is InChI=1S/C24H23FN6O/c25-19-10-20(14-28-13-19)31-22-5-4-17(9-21(22)23(29-31)24(26)32)18-8-16(11-27-12-18)15-30-6-2-1-3-7-30/h4-5,8-14H,1-3,6-7,15H2,(H2,26,32). The van der Waals surface area contributed by atoms with Gasteiger partial charge in [0.05, 0.1) is 23.6 Å². The van der Waals surface area contributed by atoms with Crippen LogP contribution in [0, 0.1) is 5.82 Å². The van der Waals surface area contributed by atoms with Gasteiger partial charge in [0.25, 0.3) is 5.91 Å². The zero-order valence-corrected chi connectivity index (χ0v) is 17.5. The van der Waals surface area contributed by atoms with Crippen molar-refractivity contribution in [3.63, 3.8) is 0 Å². The fourth-order valence-corrected chi connectivity index (χ4v) is 4.30. The van der Waals surface area contributed by atoms with Gasteiger partial charge in [0, 0.05) is 36.0 Å². The van der Waals surface area contributed by atoms with Gasteiger partial charge in [-0.25, -0.2) is 9.07 Å². The maximum atomic E-state index is 13.7. The lowest BCUT2D eigenvalue weighted by Gasteiger charge is -2.26. The molecule has 3 aromatic heterocycles. The first kappa shape index (κ1) is 20.3. The zero-order valence-electron chi connectivity index (χ0n) is 17.5. The summed E-state index contributed by atoms with van der Waals surface area (Å²) in [5, 5.41) is 4.94. The van der Waals surface area contributed by atoms with E-state index in [9.17, 15) is 9.18 Å². The van der Waals surface area contributed by atoms with Crippen LogP contribution in [0.2, 0.25) is 0 Å². The second-order valence-electron chi connectivity index (χ2n) is 8.14. The number of aromatic nitrogens is 4. The molecule has 0 atom stereocenters. The van der Waals surface area contributed by atoms with Gasteiger partial charge < -0.3 is 5.73 Å². The molecule has 1 aromatic carbocycles. The average molecular weight is 430 g/mol. The molecule has 0 unspecified atom stereocenters. The average Bonchev–Trinajstić information content (AvgIpc) is 3.19. The van der Waals surface area contributed by atoms with Gasteiger partial charge in [-0.3, -0.25) is 19.7 Å². The van der Waals surface area contributed by atoms with Crippen LogP contribution in [0.3, 0.4) is 0 Å². The van der Waals surface area contributed by atoms with E-state index >= 15 is 0 Å². The molecule has 2 N–H and O–H groups in total. The van der Waals surface area contributed by atoms with Crippen molar-refractivity contribution in [2.75, 3.05) is 13.1 Å². The molecule has 32 heavy (non-hydrogen) atoms. The largest absolute Gasteiger partial charge is 0.364 e. The monoisotopic (exact) mass is 430 g/mol. The van der Waals surface area contributed by atoms with Gasteiger partial charge in [0.2, 0.25) is 0 Å². The Morgan fingerprint density at radius 3 is 2.56 bits per heavy atom.